The first-order valence-corrected chi connectivity index (χ1v) is 11.1. The number of thiophene rings is 1. The fourth-order valence-corrected chi connectivity index (χ4v) is 4.09. The molecule has 0 aliphatic carbocycles. The van der Waals surface area contributed by atoms with Crippen LogP contribution in [-0.2, 0) is 19.8 Å². The first-order chi connectivity index (χ1) is 14.0. The van der Waals surface area contributed by atoms with Crippen LogP contribution in [0.5, 0.6) is 0 Å². The van der Waals surface area contributed by atoms with Gasteiger partial charge in [0.15, 0.2) is 0 Å². The van der Waals surface area contributed by atoms with Crippen molar-refractivity contribution in [1.82, 2.24) is 0 Å². The molecular formula is C24H33NO3S. The Kier molecular flexibility index (Phi) is 9.11. The normalized spacial score (nSPS) is 12.7. The number of benzene rings is 1. The number of nitrogens with one attached hydrogen (secondary N) is 1. The summed E-state index contributed by atoms with van der Waals surface area (Å²) in [6, 6.07) is 9.96. The predicted octanol–water partition coefficient (Wildman–Crippen LogP) is 5.25. The van der Waals surface area contributed by atoms with Crippen LogP contribution in [0.15, 0.2) is 48.6 Å². The third-order valence-electron chi connectivity index (χ3n) is 5.31. The summed E-state index contributed by atoms with van der Waals surface area (Å²) in [4.78, 5) is 1.21. The van der Waals surface area contributed by atoms with Crippen molar-refractivity contribution in [1.29, 1.82) is 0 Å². The summed E-state index contributed by atoms with van der Waals surface area (Å²) in [5.41, 5.74) is 3.10. The fourth-order valence-electron chi connectivity index (χ4n) is 3.09. The summed E-state index contributed by atoms with van der Waals surface area (Å²) >= 11 is 1.71. The van der Waals surface area contributed by atoms with E-state index in [4.69, 9.17) is 0 Å². The molecule has 0 fully saturated rings. The van der Waals surface area contributed by atoms with Gasteiger partial charge in [-0.25, -0.2) is 0 Å². The molecule has 0 radical (unpaired) electrons. The fraction of sp³-hybridized carbons (Fsp3) is 0.417. The highest BCUT2D eigenvalue weighted by Gasteiger charge is 2.16. The van der Waals surface area contributed by atoms with Gasteiger partial charge in [-0.3, -0.25) is 0 Å². The van der Waals surface area contributed by atoms with Crippen LogP contribution in [0.4, 0.5) is 5.00 Å². The van der Waals surface area contributed by atoms with Gasteiger partial charge in [0.25, 0.3) is 0 Å². The van der Waals surface area contributed by atoms with E-state index in [0.717, 1.165) is 28.1 Å². The van der Waals surface area contributed by atoms with E-state index in [0.29, 0.717) is 19.4 Å². The molecule has 0 atom stereocenters. The van der Waals surface area contributed by atoms with E-state index in [1.807, 2.05) is 44.2 Å². The zero-order valence-corrected chi connectivity index (χ0v) is 18.4. The van der Waals surface area contributed by atoms with E-state index >= 15 is 0 Å². The van der Waals surface area contributed by atoms with Gasteiger partial charge in [0.2, 0.25) is 0 Å². The molecule has 0 aliphatic rings. The second-order valence-electron chi connectivity index (χ2n) is 7.15. The number of hydrogen-bond donors (Lipinski definition) is 4. The van der Waals surface area contributed by atoms with Crippen LogP contribution in [-0.4, -0.2) is 20.9 Å². The predicted molar refractivity (Wildman–Crippen MR) is 123 cm³/mol. The Morgan fingerprint density at radius 3 is 2.38 bits per heavy atom. The van der Waals surface area contributed by atoms with Crippen molar-refractivity contribution in [2.45, 2.75) is 65.4 Å². The average molecular weight is 416 g/mol. The topological polar surface area (TPSA) is 72.7 Å². The third kappa shape index (κ3) is 6.54. The van der Waals surface area contributed by atoms with Gasteiger partial charge in [0, 0.05) is 11.4 Å². The molecule has 29 heavy (non-hydrogen) atoms. The number of anilines is 1. The third-order valence-corrected chi connectivity index (χ3v) is 6.43. The standard InChI is InChI=1S/C24H33NO3S/c1-4-19(8-7-13-24(28,5-2)6-3)22-11-12-23(29-22)25-15-18-9-10-20(16-26)21(14-18)17-27/h7-14,25-28H,4-6,15-17H2,1-3H3. The lowest BCUT2D eigenvalue weighted by Crippen LogP contribution is -2.22. The van der Waals surface area contributed by atoms with E-state index in [1.54, 1.807) is 11.3 Å². The van der Waals surface area contributed by atoms with Crippen molar-refractivity contribution in [3.63, 3.8) is 0 Å². The SMILES string of the molecule is CCC(=CC=CC(O)(CC)CC)c1ccc(NCc2ccc(CO)c(CO)c2)s1. The Hall–Kier alpha value is -1.92. The van der Waals surface area contributed by atoms with Gasteiger partial charge in [-0.2, -0.15) is 0 Å². The van der Waals surface area contributed by atoms with E-state index < -0.39 is 5.60 Å². The molecule has 0 bridgehead atoms. The molecule has 0 spiro atoms. The van der Waals surface area contributed by atoms with Crippen molar-refractivity contribution in [2.75, 3.05) is 5.32 Å². The van der Waals surface area contributed by atoms with Gasteiger partial charge in [0.05, 0.1) is 23.8 Å². The molecule has 1 heterocycles. The van der Waals surface area contributed by atoms with Crippen LogP contribution >= 0.6 is 11.3 Å². The summed E-state index contributed by atoms with van der Waals surface area (Å²) in [5.74, 6) is 0. The Bertz CT molecular complexity index is 834. The highest BCUT2D eigenvalue weighted by molar-refractivity contribution is 7.17. The lowest BCUT2D eigenvalue weighted by atomic mass is 9.97. The minimum Gasteiger partial charge on any atom is -0.392 e. The Labute approximate surface area is 178 Å². The smallest absolute Gasteiger partial charge is 0.0891 e. The molecular weight excluding hydrogens is 382 g/mol. The lowest BCUT2D eigenvalue weighted by molar-refractivity contribution is 0.0828. The molecule has 0 amide bonds. The molecule has 0 saturated carbocycles. The van der Waals surface area contributed by atoms with Crippen molar-refractivity contribution in [3.05, 3.63) is 70.1 Å². The molecule has 4 nitrogen and oxygen atoms in total. The monoisotopic (exact) mass is 415 g/mol. The lowest BCUT2D eigenvalue weighted by Gasteiger charge is -2.19. The first kappa shape index (κ1) is 23.4. The molecule has 1 aromatic carbocycles. The molecule has 0 unspecified atom stereocenters. The van der Waals surface area contributed by atoms with Gasteiger partial charge >= 0.3 is 0 Å². The van der Waals surface area contributed by atoms with Crippen LogP contribution < -0.4 is 5.32 Å². The minimum atomic E-state index is -0.726. The van der Waals surface area contributed by atoms with E-state index in [2.05, 4.69) is 30.4 Å². The zero-order valence-electron chi connectivity index (χ0n) is 17.6. The Morgan fingerprint density at radius 2 is 1.76 bits per heavy atom. The summed E-state index contributed by atoms with van der Waals surface area (Å²) in [6.45, 7) is 6.65. The molecule has 5 heteroatoms. The van der Waals surface area contributed by atoms with Crippen LogP contribution in [0, 0.1) is 0 Å². The van der Waals surface area contributed by atoms with Gasteiger partial charge in [-0.05, 0) is 53.7 Å². The van der Waals surface area contributed by atoms with Crippen LogP contribution in [0.25, 0.3) is 5.57 Å². The molecule has 4 N–H and O–H groups in total. The van der Waals surface area contributed by atoms with E-state index in [9.17, 15) is 15.3 Å². The highest BCUT2D eigenvalue weighted by Crippen LogP contribution is 2.30. The summed E-state index contributed by atoms with van der Waals surface area (Å²) in [5, 5.41) is 33.7. The maximum Gasteiger partial charge on any atom is 0.0891 e. The molecule has 2 rings (SSSR count). The average Bonchev–Trinajstić information content (AvgIpc) is 3.23. The molecule has 0 aliphatic heterocycles. The van der Waals surface area contributed by atoms with E-state index in [-0.39, 0.29) is 13.2 Å². The second kappa shape index (κ2) is 11.3. The number of aliphatic hydroxyl groups excluding tert-OH is 2. The summed E-state index contributed by atoms with van der Waals surface area (Å²) in [7, 11) is 0. The van der Waals surface area contributed by atoms with Crippen molar-refractivity contribution >= 4 is 21.9 Å². The zero-order chi connectivity index (χ0) is 21.3. The molecule has 1 aromatic heterocycles. The van der Waals surface area contributed by atoms with Crippen molar-refractivity contribution < 1.29 is 15.3 Å². The van der Waals surface area contributed by atoms with Gasteiger partial charge in [-0.1, -0.05) is 57.2 Å². The largest absolute Gasteiger partial charge is 0.392 e. The highest BCUT2D eigenvalue weighted by atomic mass is 32.1. The van der Waals surface area contributed by atoms with Crippen LogP contribution in [0.1, 0.15) is 61.6 Å². The maximum absolute atomic E-state index is 10.4. The molecule has 0 saturated heterocycles. The summed E-state index contributed by atoms with van der Waals surface area (Å²) in [6.07, 6.45) is 8.29. The van der Waals surface area contributed by atoms with E-state index in [1.165, 1.54) is 10.5 Å². The maximum atomic E-state index is 10.4. The Morgan fingerprint density at radius 1 is 1.03 bits per heavy atom. The van der Waals surface area contributed by atoms with Crippen molar-refractivity contribution in [3.8, 4) is 0 Å². The van der Waals surface area contributed by atoms with Crippen molar-refractivity contribution in [2.24, 2.45) is 0 Å². The number of aliphatic hydroxyl groups is 3. The minimum absolute atomic E-state index is 0.0631. The number of hydrogen-bond acceptors (Lipinski definition) is 5. The molecule has 158 valence electrons. The van der Waals surface area contributed by atoms with Crippen LogP contribution in [0.3, 0.4) is 0 Å². The number of rotatable bonds is 11. The Balaban J connectivity index is 2.05. The van der Waals surface area contributed by atoms with Crippen LogP contribution in [0.2, 0.25) is 0 Å². The quantitative estimate of drug-likeness (QED) is 0.379. The first-order valence-electron chi connectivity index (χ1n) is 10.3. The molecule has 2 aromatic rings. The van der Waals surface area contributed by atoms with Gasteiger partial charge < -0.3 is 20.6 Å². The summed E-state index contributed by atoms with van der Waals surface area (Å²) < 4.78 is 0. The second-order valence-corrected chi connectivity index (χ2v) is 8.24. The van der Waals surface area contributed by atoms with Gasteiger partial charge in [-0.15, -0.1) is 11.3 Å². The van der Waals surface area contributed by atoms with Gasteiger partial charge in [0.1, 0.15) is 0 Å². The number of allylic oxidation sites excluding steroid dienone is 3.